The Bertz CT molecular complexity index is 735. The summed E-state index contributed by atoms with van der Waals surface area (Å²) in [5, 5.41) is 2.38. The third-order valence-corrected chi connectivity index (χ3v) is 3.21. The van der Waals surface area contributed by atoms with E-state index in [1.54, 1.807) is 6.92 Å². The van der Waals surface area contributed by atoms with Crippen molar-refractivity contribution >= 4 is 17.6 Å². The predicted molar refractivity (Wildman–Crippen MR) is 78.4 cm³/mol. The lowest BCUT2D eigenvalue weighted by Gasteiger charge is -2.14. The maximum atomic E-state index is 12.5. The summed E-state index contributed by atoms with van der Waals surface area (Å²) in [5.41, 5.74) is -0.463. The van der Waals surface area contributed by atoms with E-state index >= 15 is 0 Å². The van der Waals surface area contributed by atoms with Crippen LogP contribution in [0.5, 0.6) is 0 Å². The molecule has 0 aliphatic carbocycles. The predicted octanol–water partition coefficient (Wildman–Crippen LogP) is 3.79. The second kappa shape index (κ2) is 6.77. The molecule has 0 bridgehead atoms. The number of hydrogen-bond donors (Lipinski definition) is 1. The molecular weight excluding hydrogens is 327 g/mol. The SMILES string of the molecule is Cc1occc1C(=O)O[C@@H](C)C(=O)Nc1ccc(C(F)(F)F)cc1. The third kappa shape index (κ3) is 4.15. The van der Waals surface area contributed by atoms with Crippen LogP contribution in [0, 0.1) is 6.92 Å². The molecule has 1 atom stereocenters. The van der Waals surface area contributed by atoms with Gasteiger partial charge in [0.05, 0.1) is 11.8 Å². The first-order valence-corrected chi connectivity index (χ1v) is 6.91. The molecule has 2 aromatic rings. The van der Waals surface area contributed by atoms with Crippen LogP contribution in [-0.4, -0.2) is 18.0 Å². The van der Waals surface area contributed by atoms with Crippen molar-refractivity contribution in [1.29, 1.82) is 0 Å². The first-order valence-electron chi connectivity index (χ1n) is 6.91. The van der Waals surface area contributed by atoms with E-state index in [1.165, 1.54) is 19.3 Å². The van der Waals surface area contributed by atoms with E-state index in [4.69, 9.17) is 9.15 Å². The maximum absolute atomic E-state index is 12.5. The van der Waals surface area contributed by atoms with Crippen molar-refractivity contribution in [2.75, 3.05) is 5.32 Å². The van der Waals surface area contributed by atoms with Gasteiger partial charge in [-0.1, -0.05) is 0 Å². The number of halogens is 3. The van der Waals surface area contributed by atoms with Crippen LogP contribution in [0.1, 0.15) is 28.6 Å². The molecule has 0 saturated carbocycles. The van der Waals surface area contributed by atoms with Crippen molar-refractivity contribution in [2.45, 2.75) is 26.1 Å². The lowest BCUT2D eigenvalue weighted by molar-refractivity contribution is -0.137. The van der Waals surface area contributed by atoms with Gasteiger partial charge >= 0.3 is 12.1 Å². The quantitative estimate of drug-likeness (QED) is 0.859. The van der Waals surface area contributed by atoms with Crippen molar-refractivity contribution in [3.63, 3.8) is 0 Å². The van der Waals surface area contributed by atoms with Crippen LogP contribution in [0.15, 0.2) is 41.0 Å². The van der Waals surface area contributed by atoms with Crippen LogP contribution in [0.4, 0.5) is 18.9 Å². The summed E-state index contributed by atoms with van der Waals surface area (Å²) < 4.78 is 47.4. The zero-order chi connectivity index (χ0) is 17.9. The van der Waals surface area contributed by atoms with Gasteiger partial charge in [-0.05, 0) is 44.2 Å². The minimum Gasteiger partial charge on any atom is -0.469 e. The highest BCUT2D eigenvalue weighted by atomic mass is 19.4. The van der Waals surface area contributed by atoms with Crippen LogP contribution in [-0.2, 0) is 15.7 Å². The Balaban J connectivity index is 1.96. The Morgan fingerprint density at radius 1 is 1.17 bits per heavy atom. The third-order valence-electron chi connectivity index (χ3n) is 3.21. The highest BCUT2D eigenvalue weighted by Gasteiger charge is 2.30. The molecule has 2 rings (SSSR count). The van der Waals surface area contributed by atoms with Gasteiger partial charge in [-0.15, -0.1) is 0 Å². The fraction of sp³-hybridized carbons (Fsp3) is 0.250. The van der Waals surface area contributed by atoms with E-state index in [1.807, 2.05) is 0 Å². The topological polar surface area (TPSA) is 68.5 Å². The smallest absolute Gasteiger partial charge is 0.416 e. The van der Waals surface area contributed by atoms with Crippen molar-refractivity contribution in [3.8, 4) is 0 Å². The second-order valence-electron chi connectivity index (χ2n) is 5.00. The number of rotatable bonds is 4. The summed E-state index contributed by atoms with van der Waals surface area (Å²) in [6, 6.07) is 5.35. The van der Waals surface area contributed by atoms with Gasteiger partial charge < -0.3 is 14.5 Å². The number of ether oxygens (including phenoxy) is 1. The minimum absolute atomic E-state index is 0.162. The molecule has 1 heterocycles. The Kier molecular flexibility index (Phi) is 4.96. The van der Waals surface area contributed by atoms with Crippen molar-refractivity contribution in [2.24, 2.45) is 0 Å². The summed E-state index contributed by atoms with van der Waals surface area (Å²) >= 11 is 0. The molecule has 0 aliphatic rings. The number of furan rings is 1. The summed E-state index contributed by atoms with van der Waals surface area (Å²) in [6.45, 7) is 2.93. The monoisotopic (exact) mass is 341 g/mol. The normalized spacial score (nSPS) is 12.5. The Hall–Kier alpha value is -2.77. The van der Waals surface area contributed by atoms with E-state index in [2.05, 4.69) is 5.32 Å². The number of nitrogens with one attached hydrogen (secondary N) is 1. The number of alkyl halides is 3. The van der Waals surface area contributed by atoms with Crippen LogP contribution in [0.25, 0.3) is 0 Å². The first-order chi connectivity index (χ1) is 11.2. The molecular formula is C16H14F3NO4. The number of carbonyl (C=O) groups is 2. The second-order valence-corrected chi connectivity index (χ2v) is 5.00. The van der Waals surface area contributed by atoms with Gasteiger partial charge in [0.1, 0.15) is 11.3 Å². The van der Waals surface area contributed by atoms with Crippen LogP contribution < -0.4 is 5.32 Å². The van der Waals surface area contributed by atoms with Crippen molar-refractivity contribution < 1.29 is 31.9 Å². The molecule has 1 N–H and O–H groups in total. The molecule has 0 radical (unpaired) electrons. The van der Waals surface area contributed by atoms with Gasteiger partial charge in [0.2, 0.25) is 0 Å². The summed E-state index contributed by atoms with van der Waals surface area (Å²) in [7, 11) is 0. The molecule has 8 heteroatoms. The van der Waals surface area contributed by atoms with E-state index in [-0.39, 0.29) is 11.3 Å². The van der Waals surface area contributed by atoms with Crippen LogP contribution >= 0.6 is 0 Å². The Morgan fingerprint density at radius 2 is 1.79 bits per heavy atom. The fourth-order valence-corrected chi connectivity index (χ4v) is 1.86. The number of carbonyl (C=O) groups excluding carboxylic acids is 2. The standard InChI is InChI=1S/C16H14F3NO4/c1-9-13(7-8-23-9)15(22)24-10(2)14(21)20-12-5-3-11(4-6-12)16(17,18)19/h3-8,10H,1-2H3,(H,20,21)/t10-/m0/s1. The van der Waals surface area contributed by atoms with E-state index in [0.717, 1.165) is 24.3 Å². The lowest BCUT2D eigenvalue weighted by Crippen LogP contribution is -2.30. The Morgan fingerprint density at radius 3 is 2.29 bits per heavy atom. The van der Waals surface area contributed by atoms with Gasteiger partial charge in [-0.3, -0.25) is 4.79 Å². The molecule has 1 aromatic heterocycles. The minimum atomic E-state index is -4.45. The molecule has 1 aromatic carbocycles. The zero-order valence-corrected chi connectivity index (χ0v) is 12.8. The van der Waals surface area contributed by atoms with Gasteiger partial charge in [0.25, 0.3) is 5.91 Å². The molecule has 0 aliphatic heterocycles. The van der Waals surface area contributed by atoms with E-state index in [0.29, 0.717) is 5.76 Å². The number of benzene rings is 1. The van der Waals surface area contributed by atoms with Crippen molar-refractivity contribution in [1.82, 2.24) is 0 Å². The summed E-state index contributed by atoms with van der Waals surface area (Å²) in [5.74, 6) is -1.03. The average molecular weight is 341 g/mol. The van der Waals surface area contributed by atoms with Gasteiger partial charge in [-0.25, -0.2) is 4.79 Å². The summed E-state index contributed by atoms with van der Waals surface area (Å²) in [4.78, 5) is 23.8. The van der Waals surface area contributed by atoms with E-state index < -0.39 is 29.7 Å². The van der Waals surface area contributed by atoms with E-state index in [9.17, 15) is 22.8 Å². The maximum Gasteiger partial charge on any atom is 0.416 e. The molecule has 0 fully saturated rings. The molecule has 128 valence electrons. The largest absolute Gasteiger partial charge is 0.469 e. The van der Waals surface area contributed by atoms with Gasteiger partial charge in [0, 0.05) is 5.69 Å². The lowest BCUT2D eigenvalue weighted by atomic mass is 10.2. The number of anilines is 1. The molecule has 0 saturated heterocycles. The van der Waals surface area contributed by atoms with Crippen LogP contribution in [0.2, 0.25) is 0 Å². The number of aryl methyl sites for hydroxylation is 1. The highest BCUT2D eigenvalue weighted by molar-refractivity contribution is 5.97. The van der Waals surface area contributed by atoms with Crippen molar-refractivity contribution in [3.05, 3.63) is 53.5 Å². The number of amides is 1. The van der Waals surface area contributed by atoms with Gasteiger partial charge in [-0.2, -0.15) is 13.2 Å². The van der Waals surface area contributed by atoms with Crippen LogP contribution in [0.3, 0.4) is 0 Å². The zero-order valence-electron chi connectivity index (χ0n) is 12.8. The van der Waals surface area contributed by atoms with Gasteiger partial charge in [0.15, 0.2) is 6.10 Å². The molecule has 5 nitrogen and oxygen atoms in total. The fourth-order valence-electron chi connectivity index (χ4n) is 1.86. The average Bonchev–Trinajstić information content (AvgIpc) is 2.93. The highest BCUT2D eigenvalue weighted by Crippen LogP contribution is 2.29. The number of hydrogen-bond acceptors (Lipinski definition) is 4. The molecule has 0 spiro atoms. The molecule has 0 unspecified atom stereocenters. The summed E-state index contributed by atoms with van der Waals surface area (Å²) in [6.07, 6.45) is -4.26. The molecule has 1 amide bonds. The Labute approximate surface area is 135 Å². The number of esters is 1. The first kappa shape index (κ1) is 17.6. The molecule has 24 heavy (non-hydrogen) atoms.